The number of benzene rings is 2. The monoisotopic (exact) mass is 288 g/mol. The van der Waals surface area contributed by atoms with Crippen LogP contribution in [0.5, 0.6) is 5.75 Å². The molecule has 0 saturated carbocycles. The summed E-state index contributed by atoms with van der Waals surface area (Å²) in [7, 11) is 1.49. The Morgan fingerprint density at radius 1 is 1.29 bits per heavy atom. The van der Waals surface area contributed by atoms with Gasteiger partial charge < -0.3 is 15.4 Å². The van der Waals surface area contributed by atoms with Crippen molar-refractivity contribution in [2.24, 2.45) is 0 Å². The first-order chi connectivity index (χ1) is 10.1. The van der Waals surface area contributed by atoms with E-state index in [1.807, 2.05) is 6.92 Å². The van der Waals surface area contributed by atoms with E-state index in [4.69, 9.17) is 10.5 Å². The van der Waals surface area contributed by atoms with Gasteiger partial charge >= 0.3 is 0 Å². The number of nitrogens with two attached hydrogens (primary N) is 1. The highest BCUT2D eigenvalue weighted by Crippen LogP contribution is 2.25. The average molecular weight is 288 g/mol. The number of carbonyl (C=O) groups excluding carboxylic acids is 1. The van der Waals surface area contributed by atoms with Crippen molar-refractivity contribution in [2.75, 3.05) is 24.3 Å². The fraction of sp³-hybridized carbons (Fsp3) is 0.188. The zero-order valence-electron chi connectivity index (χ0n) is 12.0. The van der Waals surface area contributed by atoms with Crippen LogP contribution in [-0.2, 0) is 0 Å². The number of amides is 1. The van der Waals surface area contributed by atoms with E-state index >= 15 is 0 Å². The van der Waals surface area contributed by atoms with Crippen LogP contribution in [-0.4, -0.2) is 19.6 Å². The van der Waals surface area contributed by atoms with Gasteiger partial charge in [0.25, 0.3) is 5.91 Å². The van der Waals surface area contributed by atoms with Gasteiger partial charge in [-0.25, -0.2) is 4.39 Å². The van der Waals surface area contributed by atoms with E-state index in [1.54, 1.807) is 30.3 Å². The Kier molecular flexibility index (Phi) is 4.42. The minimum atomic E-state index is -0.390. The first-order valence-electron chi connectivity index (χ1n) is 6.57. The summed E-state index contributed by atoms with van der Waals surface area (Å²) in [6.45, 7) is 2.22. The summed E-state index contributed by atoms with van der Waals surface area (Å²) in [6, 6.07) is 10.8. The number of anilines is 2. The predicted octanol–water partition coefficient (Wildman–Crippen LogP) is 3.08. The van der Waals surface area contributed by atoms with Gasteiger partial charge in [0, 0.05) is 17.9 Å². The SMILES string of the molecule is CCN(C(=O)c1cc(N)ccc1OC)c1cccc(F)c1. The van der Waals surface area contributed by atoms with E-state index in [9.17, 15) is 9.18 Å². The van der Waals surface area contributed by atoms with Crippen LogP contribution in [0.15, 0.2) is 42.5 Å². The Hall–Kier alpha value is -2.56. The van der Waals surface area contributed by atoms with Gasteiger partial charge in [0.1, 0.15) is 11.6 Å². The summed E-state index contributed by atoms with van der Waals surface area (Å²) in [5.41, 5.74) is 7.05. The molecule has 2 rings (SSSR count). The first-order valence-corrected chi connectivity index (χ1v) is 6.57. The molecule has 0 atom stereocenters. The number of ether oxygens (including phenoxy) is 1. The molecule has 1 amide bonds. The molecule has 4 nitrogen and oxygen atoms in total. The zero-order valence-corrected chi connectivity index (χ0v) is 12.0. The molecule has 0 bridgehead atoms. The summed E-state index contributed by atoms with van der Waals surface area (Å²) in [4.78, 5) is 14.2. The molecule has 0 heterocycles. The minimum Gasteiger partial charge on any atom is -0.496 e. The van der Waals surface area contributed by atoms with Gasteiger partial charge in [-0.2, -0.15) is 0 Å². The molecule has 21 heavy (non-hydrogen) atoms. The van der Waals surface area contributed by atoms with Crippen LogP contribution in [0, 0.1) is 5.82 Å². The second-order valence-corrected chi connectivity index (χ2v) is 4.49. The largest absolute Gasteiger partial charge is 0.496 e. The van der Waals surface area contributed by atoms with Gasteiger partial charge in [-0.15, -0.1) is 0 Å². The molecule has 0 aliphatic rings. The Bertz CT molecular complexity index is 658. The quantitative estimate of drug-likeness (QED) is 0.880. The molecule has 0 aliphatic heterocycles. The van der Waals surface area contributed by atoms with E-state index in [0.29, 0.717) is 29.2 Å². The number of nitrogen functional groups attached to an aromatic ring is 1. The van der Waals surface area contributed by atoms with Crippen molar-refractivity contribution in [3.8, 4) is 5.75 Å². The number of halogens is 1. The normalized spacial score (nSPS) is 10.2. The third kappa shape index (κ3) is 3.13. The highest BCUT2D eigenvalue weighted by Gasteiger charge is 2.20. The third-order valence-corrected chi connectivity index (χ3v) is 3.14. The van der Waals surface area contributed by atoms with Crippen LogP contribution in [0.2, 0.25) is 0 Å². The molecule has 0 fully saturated rings. The van der Waals surface area contributed by atoms with Gasteiger partial charge in [0.2, 0.25) is 0 Å². The lowest BCUT2D eigenvalue weighted by Gasteiger charge is -2.22. The minimum absolute atomic E-state index is 0.285. The second kappa shape index (κ2) is 6.26. The summed E-state index contributed by atoms with van der Waals surface area (Å²) in [5.74, 6) is -0.241. The Morgan fingerprint density at radius 3 is 2.67 bits per heavy atom. The lowest BCUT2D eigenvalue weighted by molar-refractivity contribution is 0.0985. The van der Waals surface area contributed by atoms with E-state index in [2.05, 4.69) is 0 Å². The van der Waals surface area contributed by atoms with Crippen molar-refractivity contribution in [1.82, 2.24) is 0 Å². The molecule has 0 saturated heterocycles. The predicted molar refractivity (Wildman–Crippen MR) is 81.2 cm³/mol. The van der Waals surface area contributed by atoms with Crippen LogP contribution >= 0.6 is 0 Å². The maximum absolute atomic E-state index is 13.4. The summed E-state index contributed by atoms with van der Waals surface area (Å²) in [5, 5.41) is 0. The Morgan fingerprint density at radius 2 is 2.05 bits per heavy atom. The van der Waals surface area contributed by atoms with Crippen molar-refractivity contribution in [1.29, 1.82) is 0 Å². The van der Waals surface area contributed by atoms with E-state index in [1.165, 1.54) is 24.1 Å². The Balaban J connectivity index is 2.43. The summed E-state index contributed by atoms with van der Waals surface area (Å²) < 4.78 is 18.6. The molecule has 110 valence electrons. The smallest absolute Gasteiger partial charge is 0.262 e. The van der Waals surface area contributed by atoms with Gasteiger partial charge in [-0.05, 0) is 43.3 Å². The fourth-order valence-corrected chi connectivity index (χ4v) is 2.13. The summed E-state index contributed by atoms with van der Waals surface area (Å²) in [6.07, 6.45) is 0. The number of hydrogen-bond donors (Lipinski definition) is 1. The molecular weight excluding hydrogens is 271 g/mol. The molecule has 2 aromatic rings. The molecule has 0 spiro atoms. The van der Waals surface area contributed by atoms with Crippen LogP contribution in [0.25, 0.3) is 0 Å². The zero-order chi connectivity index (χ0) is 15.4. The third-order valence-electron chi connectivity index (χ3n) is 3.14. The highest BCUT2D eigenvalue weighted by atomic mass is 19.1. The van der Waals surface area contributed by atoms with Crippen LogP contribution < -0.4 is 15.4 Å². The maximum atomic E-state index is 13.4. The van der Waals surface area contributed by atoms with Crippen molar-refractivity contribution in [3.05, 3.63) is 53.8 Å². The second-order valence-electron chi connectivity index (χ2n) is 4.49. The number of hydrogen-bond acceptors (Lipinski definition) is 3. The molecule has 5 heteroatoms. The van der Waals surface area contributed by atoms with Gasteiger partial charge in [-0.3, -0.25) is 4.79 Å². The first kappa shape index (κ1) is 14.8. The number of rotatable bonds is 4. The highest BCUT2D eigenvalue weighted by molar-refractivity contribution is 6.08. The lowest BCUT2D eigenvalue weighted by Crippen LogP contribution is -2.31. The molecule has 0 unspecified atom stereocenters. The van der Waals surface area contributed by atoms with Crippen LogP contribution in [0.4, 0.5) is 15.8 Å². The maximum Gasteiger partial charge on any atom is 0.262 e. The molecule has 0 radical (unpaired) electrons. The molecule has 2 aromatic carbocycles. The van der Waals surface area contributed by atoms with Gasteiger partial charge in [0.05, 0.1) is 12.7 Å². The number of carbonyl (C=O) groups is 1. The molecule has 0 aliphatic carbocycles. The lowest BCUT2D eigenvalue weighted by atomic mass is 10.1. The van der Waals surface area contributed by atoms with Crippen LogP contribution in [0.3, 0.4) is 0 Å². The standard InChI is InChI=1S/C16H17FN2O2/c1-3-19(13-6-4-5-11(17)9-13)16(20)14-10-12(18)7-8-15(14)21-2/h4-10H,3,18H2,1-2H3. The van der Waals surface area contributed by atoms with Crippen molar-refractivity contribution >= 4 is 17.3 Å². The molecule has 2 N–H and O–H groups in total. The van der Waals surface area contributed by atoms with E-state index in [0.717, 1.165) is 0 Å². The fourth-order valence-electron chi connectivity index (χ4n) is 2.13. The van der Waals surface area contributed by atoms with E-state index < -0.39 is 5.82 Å². The van der Waals surface area contributed by atoms with Crippen molar-refractivity contribution in [3.63, 3.8) is 0 Å². The van der Waals surface area contributed by atoms with Gasteiger partial charge in [0.15, 0.2) is 0 Å². The average Bonchev–Trinajstić information content (AvgIpc) is 2.48. The van der Waals surface area contributed by atoms with E-state index in [-0.39, 0.29) is 5.91 Å². The molecule has 0 aromatic heterocycles. The van der Waals surface area contributed by atoms with Crippen molar-refractivity contribution in [2.45, 2.75) is 6.92 Å². The number of methoxy groups -OCH3 is 1. The number of nitrogens with zero attached hydrogens (tertiary/aromatic N) is 1. The summed E-state index contributed by atoms with van der Waals surface area (Å²) >= 11 is 0. The van der Waals surface area contributed by atoms with Gasteiger partial charge in [-0.1, -0.05) is 6.07 Å². The topological polar surface area (TPSA) is 55.6 Å². The van der Waals surface area contributed by atoms with Crippen LogP contribution in [0.1, 0.15) is 17.3 Å². The Labute approximate surface area is 122 Å². The molecular formula is C16H17FN2O2. The van der Waals surface area contributed by atoms with Crippen molar-refractivity contribution < 1.29 is 13.9 Å².